The lowest BCUT2D eigenvalue weighted by atomic mass is 10.0. The fourth-order valence-electron chi connectivity index (χ4n) is 7.56. The number of hydrogen-bond acceptors (Lipinski definition) is 6. The zero-order valence-corrected chi connectivity index (χ0v) is 37.9. The van der Waals surface area contributed by atoms with Gasteiger partial charge in [-0.1, -0.05) is 245 Å². The van der Waals surface area contributed by atoms with Crippen molar-refractivity contribution < 1.29 is 28.6 Å². The minimum Gasteiger partial charge on any atom is -0.462 e. The average molecular weight is 793 g/mol. The zero-order chi connectivity index (χ0) is 40.8. The third-order valence-electron chi connectivity index (χ3n) is 11.4. The number of rotatable bonds is 46. The topological polar surface area (TPSA) is 78.9 Å². The highest BCUT2D eigenvalue weighted by Crippen LogP contribution is 2.16. The van der Waals surface area contributed by atoms with E-state index in [1.54, 1.807) is 0 Å². The average Bonchev–Trinajstić information content (AvgIpc) is 3.19. The number of esters is 3. The van der Waals surface area contributed by atoms with Crippen molar-refractivity contribution in [3.8, 4) is 0 Å². The summed E-state index contributed by atoms with van der Waals surface area (Å²) < 4.78 is 16.8. The highest BCUT2D eigenvalue weighted by molar-refractivity contribution is 5.71. The van der Waals surface area contributed by atoms with Crippen LogP contribution < -0.4 is 0 Å². The van der Waals surface area contributed by atoms with Gasteiger partial charge in [0.15, 0.2) is 6.10 Å². The van der Waals surface area contributed by atoms with E-state index >= 15 is 0 Å². The molecular weight excluding hydrogens is 697 g/mol. The first-order valence-corrected chi connectivity index (χ1v) is 25.0. The second kappa shape index (κ2) is 46.1. The molecule has 0 saturated heterocycles. The number of carbonyl (C=O) groups excluding carboxylic acids is 3. The summed E-state index contributed by atoms with van der Waals surface area (Å²) in [6.45, 7) is 6.66. The predicted molar refractivity (Wildman–Crippen MR) is 238 cm³/mol. The van der Waals surface area contributed by atoms with Crippen LogP contribution in [0.3, 0.4) is 0 Å². The van der Waals surface area contributed by atoms with Crippen LogP contribution in [0.4, 0.5) is 0 Å². The minimum absolute atomic E-state index is 0.0621. The van der Waals surface area contributed by atoms with Crippen molar-refractivity contribution >= 4 is 17.9 Å². The molecule has 0 heterocycles. The van der Waals surface area contributed by atoms with Crippen LogP contribution in [0.15, 0.2) is 0 Å². The molecule has 6 nitrogen and oxygen atoms in total. The largest absolute Gasteiger partial charge is 0.462 e. The van der Waals surface area contributed by atoms with Gasteiger partial charge in [-0.25, -0.2) is 0 Å². The Morgan fingerprint density at radius 2 is 0.482 bits per heavy atom. The molecule has 0 aromatic rings. The van der Waals surface area contributed by atoms with Gasteiger partial charge in [0.1, 0.15) is 13.2 Å². The van der Waals surface area contributed by atoms with Crippen LogP contribution in [0, 0.1) is 0 Å². The van der Waals surface area contributed by atoms with Crippen LogP contribution in [-0.4, -0.2) is 37.2 Å². The van der Waals surface area contributed by atoms with E-state index in [2.05, 4.69) is 20.8 Å². The first-order valence-electron chi connectivity index (χ1n) is 25.0. The Balaban J connectivity index is 4.30. The van der Waals surface area contributed by atoms with Gasteiger partial charge >= 0.3 is 17.9 Å². The van der Waals surface area contributed by atoms with E-state index in [-0.39, 0.29) is 31.1 Å². The first kappa shape index (κ1) is 54.4. The van der Waals surface area contributed by atoms with E-state index in [1.807, 2.05) is 0 Å². The van der Waals surface area contributed by atoms with E-state index in [0.717, 1.165) is 57.8 Å². The summed E-state index contributed by atoms with van der Waals surface area (Å²) in [5, 5.41) is 0. The molecule has 0 aliphatic rings. The van der Waals surface area contributed by atoms with Crippen molar-refractivity contribution in [2.24, 2.45) is 0 Å². The monoisotopic (exact) mass is 793 g/mol. The SMILES string of the molecule is CCCCCCCCCCCCCCCCCC(=O)O[C@H](COC(=O)CCCCCCCCCCCCC)COC(=O)CCCCCCCCCCCCCC. The van der Waals surface area contributed by atoms with Crippen molar-refractivity contribution in [2.75, 3.05) is 13.2 Å². The highest BCUT2D eigenvalue weighted by Gasteiger charge is 2.19. The lowest BCUT2D eigenvalue weighted by molar-refractivity contribution is -0.167. The maximum Gasteiger partial charge on any atom is 0.306 e. The van der Waals surface area contributed by atoms with Gasteiger partial charge in [0.05, 0.1) is 0 Å². The molecule has 0 unspecified atom stereocenters. The van der Waals surface area contributed by atoms with Gasteiger partial charge in [0.25, 0.3) is 0 Å². The first-order chi connectivity index (χ1) is 27.5. The van der Waals surface area contributed by atoms with Gasteiger partial charge in [-0.3, -0.25) is 14.4 Å². The summed E-state index contributed by atoms with van der Waals surface area (Å²) in [6.07, 6.45) is 47.9. The van der Waals surface area contributed by atoms with Gasteiger partial charge in [-0.2, -0.15) is 0 Å². The molecule has 0 saturated carbocycles. The molecule has 0 amide bonds. The molecule has 0 bridgehead atoms. The van der Waals surface area contributed by atoms with E-state index in [1.165, 1.54) is 186 Å². The molecule has 0 aromatic heterocycles. The van der Waals surface area contributed by atoms with E-state index < -0.39 is 6.10 Å². The molecule has 0 radical (unpaired) electrons. The van der Waals surface area contributed by atoms with Gasteiger partial charge in [0.2, 0.25) is 0 Å². The Hall–Kier alpha value is -1.59. The molecule has 0 N–H and O–H groups in total. The van der Waals surface area contributed by atoms with Gasteiger partial charge in [-0.05, 0) is 19.3 Å². The van der Waals surface area contributed by atoms with Crippen molar-refractivity contribution in [1.29, 1.82) is 0 Å². The number of unbranched alkanes of at least 4 members (excludes halogenated alkanes) is 35. The second-order valence-corrected chi connectivity index (χ2v) is 17.1. The van der Waals surface area contributed by atoms with Crippen molar-refractivity contribution in [3.05, 3.63) is 0 Å². The summed E-state index contributed by atoms with van der Waals surface area (Å²) >= 11 is 0. The van der Waals surface area contributed by atoms with Gasteiger partial charge < -0.3 is 14.2 Å². The highest BCUT2D eigenvalue weighted by atomic mass is 16.6. The third-order valence-corrected chi connectivity index (χ3v) is 11.4. The van der Waals surface area contributed by atoms with Crippen molar-refractivity contribution in [2.45, 2.75) is 290 Å². The summed E-state index contributed by atoms with van der Waals surface area (Å²) in [5.74, 6) is -0.844. The fraction of sp³-hybridized carbons (Fsp3) is 0.940. The summed E-state index contributed by atoms with van der Waals surface area (Å²) in [4.78, 5) is 37.8. The van der Waals surface area contributed by atoms with Crippen LogP contribution in [0.5, 0.6) is 0 Å². The lowest BCUT2D eigenvalue weighted by Crippen LogP contribution is -2.30. The predicted octanol–water partition coefficient (Wildman–Crippen LogP) is 16.0. The number of hydrogen-bond donors (Lipinski definition) is 0. The molecule has 0 aromatic carbocycles. The van der Waals surface area contributed by atoms with Crippen LogP contribution in [0.2, 0.25) is 0 Å². The minimum atomic E-state index is -0.758. The Bertz CT molecular complexity index is 828. The third kappa shape index (κ3) is 43.5. The second-order valence-electron chi connectivity index (χ2n) is 17.1. The lowest BCUT2D eigenvalue weighted by Gasteiger charge is -2.18. The molecule has 56 heavy (non-hydrogen) atoms. The molecular formula is C50H96O6. The van der Waals surface area contributed by atoms with Crippen LogP contribution in [0.1, 0.15) is 284 Å². The van der Waals surface area contributed by atoms with E-state index in [9.17, 15) is 14.4 Å². The Morgan fingerprint density at radius 3 is 0.714 bits per heavy atom. The molecule has 0 rings (SSSR count). The van der Waals surface area contributed by atoms with Crippen molar-refractivity contribution in [1.82, 2.24) is 0 Å². The normalized spacial score (nSPS) is 11.8. The summed E-state index contributed by atoms with van der Waals surface area (Å²) in [7, 11) is 0. The molecule has 0 aliphatic carbocycles. The maximum atomic E-state index is 12.8. The molecule has 0 spiro atoms. The zero-order valence-electron chi connectivity index (χ0n) is 37.9. The van der Waals surface area contributed by atoms with Crippen LogP contribution in [-0.2, 0) is 28.6 Å². The van der Waals surface area contributed by atoms with Crippen molar-refractivity contribution in [3.63, 3.8) is 0 Å². The number of ether oxygens (including phenoxy) is 3. The standard InChI is InChI=1S/C50H96O6/c1-4-7-10-13-16-19-22-24-25-26-29-32-35-38-41-44-50(53)56-47(45-54-48(51)42-39-36-33-30-27-21-18-15-12-9-6-3)46-55-49(52)43-40-37-34-31-28-23-20-17-14-11-8-5-2/h47H,4-46H2,1-3H3/t47-/m1/s1. The molecule has 0 fully saturated rings. The molecule has 0 aliphatic heterocycles. The van der Waals surface area contributed by atoms with Crippen LogP contribution >= 0.6 is 0 Å². The number of carbonyl (C=O) groups is 3. The Kier molecular flexibility index (Phi) is 44.8. The Labute approximate surface area is 348 Å². The van der Waals surface area contributed by atoms with Gasteiger partial charge in [0, 0.05) is 19.3 Å². The van der Waals surface area contributed by atoms with E-state index in [0.29, 0.717) is 19.3 Å². The van der Waals surface area contributed by atoms with Gasteiger partial charge in [-0.15, -0.1) is 0 Å². The Morgan fingerprint density at radius 1 is 0.286 bits per heavy atom. The molecule has 6 heteroatoms. The fourth-order valence-corrected chi connectivity index (χ4v) is 7.56. The van der Waals surface area contributed by atoms with Crippen LogP contribution in [0.25, 0.3) is 0 Å². The quantitative estimate of drug-likeness (QED) is 0.0347. The molecule has 332 valence electrons. The summed E-state index contributed by atoms with van der Waals surface area (Å²) in [5.41, 5.74) is 0. The maximum absolute atomic E-state index is 12.8. The molecule has 1 atom stereocenters. The summed E-state index contributed by atoms with van der Waals surface area (Å²) in [6, 6.07) is 0. The van der Waals surface area contributed by atoms with E-state index in [4.69, 9.17) is 14.2 Å². The smallest absolute Gasteiger partial charge is 0.306 e.